The summed E-state index contributed by atoms with van der Waals surface area (Å²) in [6.07, 6.45) is 1.66. The first-order chi connectivity index (χ1) is 15.0. The molecule has 0 fully saturated rings. The number of carbonyl (C=O) groups is 2. The Kier molecular flexibility index (Phi) is 5.45. The molecular weight excluding hydrogens is 396 g/mol. The number of carbonyl (C=O) groups excluding carboxylic acids is 2. The van der Waals surface area contributed by atoms with Gasteiger partial charge >= 0.3 is 5.97 Å². The first-order valence-corrected chi connectivity index (χ1v) is 9.57. The van der Waals surface area contributed by atoms with Crippen molar-refractivity contribution in [1.29, 1.82) is 0 Å². The van der Waals surface area contributed by atoms with E-state index in [1.165, 1.54) is 7.11 Å². The van der Waals surface area contributed by atoms with Crippen molar-refractivity contribution in [1.82, 2.24) is 0 Å². The van der Waals surface area contributed by atoms with Crippen LogP contribution in [0.25, 0.3) is 6.08 Å². The summed E-state index contributed by atoms with van der Waals surface area (Å²) in [7, 11) is 3.11. The van der Waals surface area contributed by atoms with Crippen LogP contribution in [0.1, 0.15) is 31.8 Å². The van der Waals surface area contributed by atoms with Gasteiger partial charge in [0.25, 0.3) is 0 Å². The molecule has 6 heteroatoms. The molecule has 1 heterocycles. The van der Waals surface area contributed by atoms with Gasteiger partial charge in [-0.05, 0) is 60.5 Å². The third-order valence-corrected chi connectivity index (χ3v) is 4.85. The van der Waals surface area contributed by atoms with Crippen LogP contribution in [0.15, 0.2) is 66.4 Å². The molecule has 0 amide bonds. The number of hydrogen-bond acceptors (Lipinski definition) is 6. The highest BCUT2D eigenvalue weighted by atomic mass is 16.5. The number of rotatable bonds is 5. The molecule has 31 heavy (non-hydrogen) atoms. The Balaban J connectivity index is 1.59. The number of aryl methyl sites for hydroxylation is 1. The van der Waals surface area contributed by atoms with Crippen LogP contribution in [0.5, 0.6) is 23.0 Å². The van der Waals surface area contributed by atoms with Gasteiger partial charge in [-0.15, -0.1) is 0 Å². The Morgan fingerprint density at radius 3 is 2.35 bits per heavy atom. The lowest BCUT2D eigenvalue weighted by Gasteiger charge is -2.08. The van der Waals surface area contributed by atoms with Crippen molar-refractivity contribution in [2.24, 2.45) is 0 Å². The molecule has 3 aromatic rings. The summed E-state index contributed by atoms with van der Waals surface area (Å²) in [5.74, 6) is 1.33. The zero-order valence-corrected chi connectivity index (χ0v) is 17.3. The van der Waals surface area contributed by atoms with E-state index in [1.807, 2.05) is 18.2 Å². The number of benzene rings is 3. The van der Waals surface area contributed by atoms with Crippen molar-refractivity contribution in [3.8, 4) is 23.0 Å². The summed E-state index contributed by atoms with van der Waals surface area (Å²) < 4.78 is 21.7. The predicted octanol–water partition coefficient (Wildman–Crippen LogP) is 4.85. The number of hydrogen-bond donors (Lipinski definition) is 0. The van der Waals surface area contributed by atoms with Gasteiger partial charge in [0.15, 0.2) is 5.76 Å². The Morgan fingerprint density at radius 1 is 0.903 bits per heavy atom. The Hall–Kier alpha value is -4.06. The van der Waals surface area contributed by atoms with Crippen molar-refractivity contribution in [3.05, 3.63) is 88.7 Å². The number of methoxy groups -OCH3 is 2. The van der Waals surface area contributed by atoms with Gasteiger partial charge in [0.1, 0.15) is 23.0 Å². The van der Waals surface area contributed by atoms with E-state index in [9.17, 15) is 9.59 Å². The van der Waals surface area contributed by atoms with E-state index >= 15 is 0 Å². The largest absolute Gasteiger partial charge is 0.497 e. The van der Waals surface area contributed by atoms with Crippen molar-refractivity contribution >= 4 is 17.8 Å². The topological polar surface area (TPSA) is 71.1 Å². The molecule has 0 atom stereocenters. The van der Waals surface area contributed by atoms with Gasteiger partial charge in [0.2, 0.25) is 5.78 Å². The van der Waals surface area contributed by atoms with Crippen LogP contribution in [0.2, 0.25) is 0 Å². The Labute approximate surface area is 179 Å². The molecule has 0 aromatic heterocycles. The average Bonchev–Trinajstić information content (AvgIpc) is 3.09. The van der Waals surface area contributed by atoms with Crippen molar-refractivity contribution in [2.45, 2.75) is 6.92 Å². The van der Waals surface area contributed by atoms with E-state index in [2.05, 4.69) is 0 Å². The third kappa shape index (κ3) is 4.14. The van der Waals surface area contributed by atoms with Gasteiger partial charge in [-0.2, -0.15) is 0 Å². The van der Waals surface area contributed by atoms with Crippen LogP contribution in [-0.4, -0.2) is 26.0 Å². The summed E-state index contributed by atoms with van der Waals surface area (Å²) in [6.45, 7) is 1.78. The minimum absolute atomic E-state index is 0.197. The smallest absolute Gasteiger partial charge is 0.343 e. The molecule has 0 saturated carbocycles. The SMILES string of the molecule is COc1cccc(/C=C2\Oc3cc(OC(=O)c4cccc(OC)c4)cc(C)c3C2=O)c1. The molecule has 6 nitrogen and oxygen atoms in total. The van der Waals surface area contributed by atoms with Gasteiger partial charge in [-0.1, -0.05) is 18.2 Å². The van der Waals surface area contributed by atoms with E-state index in [0.717, 1.165) is 5.56 Å². The minimum atomic E-state index is -0.533. The first kappa shape index (κ1) is 20.2. The monoisotopic (exact) mass is 416 g/mol. The average molecular weight is 416 g/mol. The first-order valence-electron chi connectivity index (χ1n) is 9.57. The maximum absolute atomic E-state index is 12.9. The second-order valence-corrected chi connectivity index (χ2v) is 6.95. The number of ketones is 1. The van der Waals surface area contributed by atoms with Crippen LogP contribution < -0.4 is 18.9 Å². The molecule has 4 rings (SSSR count). The molecule has 0 radical (unpaired) electrons. The number of Topliss-reactive ketones (excluding diaryl/α,β-unsaturated/α-hetero) is 1. The summed E-state index contributed by atoms with van der Waals surface area (Å²) >= 11 is 0. The van der Waals surface area contributed by atoms with Gasteiger partial charge in [-0.25, -0.2) is 4.79 Å². The van der Waals surface area contributed by atoms with E-state index in [-0.39, 0.29) is 11.5 Å². The van der Waals surface area contributed by atoms with Crippen LogP contribution in [0.3, 0.4) is 0 Å². The lowest BCUT2D eigenvalue weighted by Crippen LogP contribution is -2.09. The zero-order chi connectivity index (χ0) is 22.0. The summed E-state index contributed by atoms with van der Waals surface area (Å²) in [5, 5.41) is 0. The fourth-order valence-electron chi connectivity index (χ4n) is 3.34. The normalized spacial score (nSPS) is 13.5. The van der Waals surface area contributed by atoms with E-state index < -0.39 is 5.97 Å². The van der Waals surface area contributed by atoms with Gasteiger partial charge in [0.05, 0.1) is 25.3 Å². The van der Waals surface area contributed by atoms with E-state index in [4.69, 9.17) is 18.9 Å². The molecule has 0 unspecified atom stereocenters. The molecule has 0 spiro atoms. The zero-order valence-electron chi connectivity index (χ0n) is 17.3. The Bertz CT molecular complexity index is 1210. The molecule has 1 aliphatic heterocycles. The van der Waals surface area contributed by atoms with Crippen molar-refractivity contribution in [3.63, 3.8) is 0 Å². The van der Waals surface area contributed by atoms with Gasteiger partial charge < -0.3 is 18.9 Å². The third-order valence-electron chi connectivity index (χ3n) is 4.85. The number of fused-ring (bicyclic) bond motifs is 1. The van der Waals surface area contributed by atoms with E-state index in [0.29, 0.717) is 39.7 Å². The maximum Gasteiger partial charge on any atom is 0.343 e. The highest BCUT2D eigenvalue weighted by Gasteiger charge is 2.30. The van der Waals surface area contributed by atoms with Gasteiger partial charge in [0, 0.05) is 6.07 Å². The van der Waals surface area contributed by atoms with Crippen LogP contribution in [-0.2, 0) is 0 Å². The highest BCUT2D eigenvalue weighted by Crippen LogP contribution is 2.38. The number of ether oxygens (including phenoxy) is 4. The molecule has 0 bridgehead atoms. The van der Waals surface area contributed by atoms with Crippen molar-refractivity contribution in [2.75, 3.05) is 14.2 Å². The number of esters is 1. The molecular formula is C25H20O6. The lowest BCUT2D eigenvalue weighted by atomic mass is 10.0. The molecule has 3 aromatic carbocycles. The van der Waals surface area contributed by atoms with Crippen LogP contribution in [0, 0.1) is 6.92 Å². The van der Waals surface area contributed by atoms with Crippen LogP contribution >= 0.6 is 0 Å². The standard InChI is InChI=1S/C25H20O6/c1-15-10-20(30-25(27)17-7-5-9-19(13-17)29-3)14-21-23(15)24(26)22(31-21)12-16-6-4-8-18(11-16)28-2/h4-14H,1-3H3/b22-12-. The second-order valence-electron chi connectivity index (χ2n) is 6.95. The highest BCUT2D eigenvalue weighted by molar-refractivity contribution is 6.15. The minimum Gasteiger partial charge on any atom is -0.497 e. The predicted molar refractivity (Wildman–Crippen MR) is 115 cm³/mol. The fourth-order valence-corrected chi connectivity index (χ4v) is 3.34. The Morgan fingerprint density at radius 2 is 1.61 bits per heavy atom. The molecule has 0 N–H and O–H groups in total. The van der Waals surface area contributed by atoms with Crippen LogP contribution in [0.4, 0.5) is 0 Å². The maximum atomic E-state index is 12.9. The number of allylic oxidation sites excluding steroid dienone is 1. The van der Waals surface area contributed by atoms with E-state index in [1.54, 1.807) is 62.6 Å². The summed E-state index contributed by atoms with van der Waals surface area (Å²) in [5.41, 5.74) is 2.24. The molecule has 0 aliphatic carbocycles. The molecule has 156 valence electrons. The van der Waals surface area contributed by atoms with Crippen molar-refractivity contribution < 1.29 is 28.5 Å². The lowest BCUT2D eigenvalue weighted by molar-refractivity contribution is 0.0734. The molecule has 0 saturated heterocycles. The van der Waals surface area contributed by atoms with Gasteiger partial charge in [-0.3, -0.25) is 4.79 Å². The quantitative estimate of drug-likeness (QED) is 0.336. The summed E-state index contributed by atoms with van der Waals surface area (Å²) in [6, 6.07) is 17.2. The summed E-state index contributed by atoms with van der Waals surface area (Å²) in [4.78, 5) is 25.4. The fraction of sp³-hybridized carbons (Fsp3) is 0.120. The molecule has 1 aliphatic rings. The second kappa shape index (κ2) is 8.36.